The van der Waals surface area contributed by atoms with Gasteiger partial charge in [-0.25, -0.2) is 0 Å². The van der Waals surface area contributed by atoms with Gasteiger partial charge in [-0.2, -0.15) is 5.10 Å². The molecule has 0 radical (unpaired) electrons. The van der Waals surface area contributed by atoms with Crippen LogP contribution < -0.4 is 4.74 Å². The molecule has 3 nitrogen and oxygen atoms in total. The molecular formula is C12H12N2O. The van der Waals surface area contributed by atoms with Crippen molar-refractivity contribution in [2.24, 2.45) is 7.05 Å². The smallest absolute Gasteiger partial charge is 0.123 e. The molecule has 15 heavy (non-hydrogen) atoms. The highest BCUT2D eigenvalue weighted by molar-refractivity contribution is 5.75. The standard InChI is InChI=1S/C12H12N2O/c1-14-7-8-6-10-9(12(8)13-14)4-3-5-11(10)15-2/h3-5,7H,6H2,1-2H3. The van der Waals surface area contributed by atoms with E-state index < -0.39 is 0 Å². The lowest BCUT2D eigenvalue weighted by Crippen LogP contribution is -1.93. The largest absolute Gasteiger partial charge is 0.496 e. The van der Waals surface area contributed by atoms with Gasteiger partial charge in [0.25, 0.3) is 0 Å². The summed E-state index contributed by atoms with van der Waals surface area (Å²) in [6.07, 6.45) is 3.01. The molecule has 1 aliphatic carbocycles. The van der Waals surface area contributed by atoms with Crippen LogP contribution in [0.4, 0.5) is 0 Å². The highest BCUT2D eigenvalue weighted by Gasteiger charge is 2.24. The van der Waals surface area contributed by atoms with Gasteiger partial charge in [-0.05, 0) is 6.07 Å². The molecule has 0 amide bonds. The van der Waals surface area contributed by atoms with Crippen LogP contribution in [-0.4, -0.2) is 16.9 Å². The van der Waals surface area contributed by atoms with Gasteiger partial charge in [0.05, 0.1) is 12.8 Å². The molecule has 0 bridgehead atoms. The second-order valence-corrected chi connectivity index (χ2v) is 3.84. The predicted octanol–water partition coefficient (Wildman–Crippen LogP) is 2.00. The minimum absolute atomic E-state index is 0.933. The first-order valence-corrected chi connectivity index (χ1v) is 4.98. The van der Waals surface area contributed by atoms with Gasteiger partial charge in [-0.3, -0.25) is 4.68 Å². The molecule has 1 heterocycles. The van der Waals surface area contributed by atoms with E-state index in [2.05, 4.69) is 17.4 Å². The third kappa shape index (κ3) is 1.09. The number of hydrogen-bond acceptors (Lipinski definition) is 2. The third-order valence-corrected chi connectivity index (χ3v) is 2.88. The Labute approximate surface area is 88.3 Å². The summed E-state index contributed by atoms with van der Waals surface area (Å²) in [5, 5.41) is 4.47. The summed E-state index contributed by atoms with van der Waals surface area (Å²) < 4.78 is 7.22. The average molecular weight is 200 g/mol. The topological polar surface area (TPSA) is 27.1 Å². The second-order valence-electron chi connectivity index (χ2n) is 3.84. The second kappa shape index (κ2) is 2.86. The van der Waals surface area contributed by atoms with Gasteiger partial charge < -0.3 is 4.74 Å². The van der Waals surface area contributed by atoms with E-state index in [0.717, 1.165) is 17.9 Å². The number of fused-ring (bicyclic) bond motifs is 3. The Morgan fingerprint density at radius 2 is 2.27 bits per heavy atom. The van der Waals surface area contributed by atoms with Gasteiger partial charge in [0.2, 0.25) is 0 Å². The Hall–Kier alpha value is -1.77. The maximum Gasteiger partial charge on any atom is 0.123 e. The van der Waals surface area contributed by atoms with Gasteiger partial charge in [0.1, 0.15) is 5.75 Å². The minimum atomic E-state index is 0.933. The van der Waals surface area contributed by atoms with Crippen molar-refractivity contribution in [3.63, 3.8) is 0 Å². The van der Waals surface area contributed by atoms with E-state index in [1.54, 1.807) is 7.11 Å². The molecule has 0 aliphatic heterocycles. The van der Waals surface area contributed by atoms with Crippen LogP contribution in [0.5, 0.6) is 5.75 Å². The van der Waals surface area contributed by atoms with Crippen LogP contribution in [-0.2, 0) is 13.5 Å². The summed E-state index contributed by atoms with van der Waals surface area (Å²) in [5.74, 6) is 0.966. The number of ether oxygens (including phenoxy) is 1. The summed E-state index contributed by atoms with van der Waals surface area (Å²) in [4.78, 5) is 0. The molecule has 0 N–H and O–H groups in total. The molecule has 3 heteroatoms. The van der Waals surface area contributed by atoms with E-state index in [0.29, 0.717) is 0 Å². The van der Waals surface area contributed by atoms with Crippen molar-refractivity contribution < 1.29 is 4.74 Å². The lowest BCUT2D eigenvalue weighted by molar-refractivity contribution is 0.411. The molecule has 0 saturated heterocycles. The van der Waals surface area contributed by atoms with Crippen LogP contribution in [0.2, 0.25) is 0 Å². The van der Waals surface area contributed by atoms with Crippen LogP contribution >= 0.6 is 0 Å². The van der Waals surface area contributed by atoms with Crippen molar-refractivity contribution >= 4 is 0 Å². The molecule has 3 rings (SSSR count). The summed E-state index contributed by atoms with van der Waals surface area (Å²) in [7, 11) is 3.67. The van der Waals surface area contributed by atoms with E-state index in [1.165, 1.54) is 16.7 Å². The molecule has 1 aliphatic rings. The number of benzene rings is 1. The number of methoxy groups -OCH3 is 1. The van der Waals surface area contributed by atoms with Gasteiger partial charge in [-0.1, -0.05) is 12.1 Å². The Morgan fingerprint density at radius 3 is 3.07 bits per heavy atom. The number of nitrogens with zero attached hydrogens (tertiary/aromatic N) is 2. The zero-order chi connectivity index (χ0) is 10.4. The van der Waals surface area contributed by atoms with Crippen molar-refractivity contribution in [1.82, 2.24) is 9.78 Å². The molecule has 1 aromatic carbocycles. The quantitative estimate of drug-likeness (QED) is 0.600. The Bertz CT molecular complexity index is 528. The number of aromatic nitrogens is 2. The summed E-state index contributed by atoms with van der Waals surface area (Å²) in [6.45, 7) is 0. The molecule has 0 fully saturated rings. The molecule has 76 valence electrons. The van der Waals surface area contributed by atoms with Crippen LogP contribution in [0.3, 0.4) is 0 Å². The molecule has 0 spiro atoms. The van der Waals surface area contributed by atoms with Crippen molar-refractivity contribution in [2.75, 3.05) is 7.11 Å². The SMILES string of the molecule is COc1cccc2c1Cc1cn(C)nc1-2. The molecule has 0 atom stereocenters. The highest BCUT2D eigenvalue weighted by atomic mass is 16.5. The van der Waals surface area contributed by atoms with Crippen LogP contribution in [0.1, 0.15) is 11.1 Å². The Morgan fingerprint density at radius 1 is 1.40 bits per heavy atom. The van der Waals surface area contributed by atoms with Crippen LogP contribution in [0, 0.1) is 0 Å². The lowest BCUT2D eigenvalue weighted by Gasteiger charge is -2.06. The summed E-state index contributed by atoms with van der Waals surface area (Å²) in [5.41, 5.74) is 4.87. The lowest BCUT2D eigenvalue weighted by atomic mass is 10.1. The van der Waals surface area contributed by atoms with Gasteiger partial charge in [0.15, 0.2) is 0 Å². The fourth-order valence-electron chi connectivity index (χ4n) is 2.25. The van der Waals surface area contributed by atoms with E-state index in [1.807, 2.05) is 23.9 Å². The third-order valence-electron chi connectivity index (χ3n) is 2.88. The van der Waals surface area contributed by atoms with Crippen LogP contribution in [0.25, 0.3) is 11.3 Å². The number of hydrogen-bond donors (Lipinski definition) is 0. The number of rotatable bonds is 1. The van der Waals surface area contributed by atoms with Gasteiger partial charge >= 0.3 is 0 Å². The van der Waals surface area contributed by atoms with Gasteiger partial charge in [-0.15, -0.1) is 0 Å². The average Bonchev–Trinajstić information content (AvgIpc) is 2.73. The van der Waals surface area contributed by atoms with E-state index in [4.69, 9.17) is 4.74 Å². The van der Waals surface area contributed by atoms with E-state index in [9.17, 15) is 0 Å². The molecular weight excluding hydrogens is 188 g/mol. The van der Waals surface area contributed by atoms with Crippen LogP contribution in [0.15, 0.2) is 24.4 Å². The summed E-state index contributed by atoms with van der Waals surface area (Å²) in [6, 6.07) is 6.13. The summed E-state index contributed by atoms with van der Waals surface area (Å²) >= 11 is 0. The minimum Gasteiger partial charge on any atom is -0.496 e. The van der Waals surface area contributed by atoms with Crippen molar-refractivity contribution in [2.45, 2.75) is 6.42 Å². The van der Waals surface area contributed by atoms with Crippen molar-refractivity contribution in [1.29, 1.82) is 0 Å². The highest BCUT2D eigenvalue weighted by Crippen LogP contribution is 2.39. The van der Waals surface area contributed by atoms with Crippen molar-refractivity contribution in [3.05, 3.63) is 35.5 Å². The van der Waals surface area contributed by atoms with E-state index in [-0.39, 0.29) is 0 Å². The fraction of sp³-hybridized carbons (Fsp3) is 0.250. The zero-order valence-corrected chi connectivity index (χ0v) is 8.82. The van der Waals surface area contributed by atoms with Crippen molar-refractivity contribution in [3.8, 4) is 17.0 Å². The zero-order valence-electron chi connectivity index (χ0n) is 8.82. The molecule has 1 aromatic heterocycles. The maximum absolute atomic E-state index is 5.35. The molecule has 0 unspecified atom stereocenters. The maximum atomic E-state index is 5.35. The molecule has 2 aromatic rings. The fourth-order valence-corrected chi connectivity index (χ4v) is 2.25. The Balaban J connectivity index is 2.24. The van der Waals surface area contributed by atoms with Gasteiger partial charge in [0, 0.05) is 36.4 Å². The van der Waals surface area contributed by atoms with E-state index >= 15 is 0 Å². The monoisotopic (exact) mass is 200 g/mol. The normalized spacial score (nSPS) is 12.4. The first-order chi connectivity index (χ1) is 7.29. The number of aryl methyl sites for hydroxylation is 1. The Kier molecular flexibility index (Phi) is 1.63. The predicted molar refractivity (Wildman–Crippen MR) is 58.0 cm³/mol. The first-order valence-electron chi connectivity index (χ1n) is 4.98. The first kappa shape index (κ1) is 8.53. The molecule has 0 saturated carbocycles.